The molecule has 16 heavy (non-hydrogen) atoms. The molecule has 1 aromatic heterocycles. The maximum Gasteiger partial charge on any atom is 0.325 e. The third-order valence-corrected chi connectivity index (χ3v) is 2.03. The first-order valence-electron chi connectivity index (χ1n) is 5.48. The van der Waals surface area contributed by atoms with Crippen molar-refractivity contribution in [3.8, 4) is 0 Å². The zero-order valence-electron chi connectivity index (χ0n) is 10.3. The van der Waals surface area contributed by atoms with Gasteiger partial charge in [-0.1, -0.05) is 6.92 Å². The van der Waals surface area contributed by atoms with E-state index in [1.807, 2.05) is 34.0 Å². The summed E-state index contributed by atoms with van der Waals surface area (Å²) in [5.41, 5.74) is 1.85. The Hall–Kier alpha value is -1.52. The van der Waals surface area contributed by atoms with Crippen LogP contribution in [0.5, 0.6) is 0 Å². The Morgan fingerprint density at radius 1 is 1.62 bits per heavy atom. The Labute approximate surface area is 95.8 Å². The Morgan fingerprint density at radius 2 is 2.31 bits per heavy atom. The minimum atomic E-state index is -0.249. The number of esters is 1. The van der Waals surface area contributed by atoms with Crippen LogP contribution in [0.4, 0.5) is 5.69 Å². The fraction of sp³-hybridized carbons (Fsp3) is 0.636. The average molecular weight is 225 g/mol. The second kappa shape index (κ2) is 5.53. The first-order valence-corrected chi connectivity index (χ1v) is 5.48. The quantitative estimate of drug-likeness (QED) is 0.768. The molecule has 0 saturated carbocycles. The van der Waals surface area contributed by atoms with Crippen molar-refractivity contribution in [1.82, 2.24) is 9.78 Å². The lowest BCUT2D eigenvalue weighted by molar-refractivity contribution is -0.145. The van der Waals surface area contributed by atoms with E-state index in [0.29, 0.717) is 0 Å². The van der Waals surface area contributed by atoms with Gasteiger partial charge in [0, 0.05) is 13.2 Å². The van der Waals surface area contributed by atoms with Crippen molar-refractivity contribution in [3.63, 3.8) is 0 Å². The second-order valence-corrected chi connectivity index (χ2v) is 3.91. The van der Waals surface area contributed by atoms with Gasteiger partial charge in [0.05, 0.1) is 17.5 Å². The van der Waals surface area contributed by atoms with Crippen LogP contribution in [0.25, 0.3) is 0 Å². The van der Waals surface area contributed by atoms with Crippen molar-refractivity contribution in [1.29, 1.82) is 0 Å². The number of nitrogens with zero attached hydrogens (tertiary/aromatic N) is 2. The van der Waals surface area contributed by atoms with Crippen LogP contribution < -0.4 is 5.32 Å². The summed E-state index contributed by atoms with van der Waals surface area (Å²) < 4.78 is 6.75. The standard InChI is InChI=1S/C11H19N3O2/c1-5-9-10(7-14(4)13-9)12-6-11(15)16-8(2)3/h7-8,12H,5-6H2,1-4H3. The molecular weight excluding hydrogens is 206 g/mol. The van der Waals surface area contributed by atoms with Crippen LogP contribution in [0, 0.1) is 0 Å². The van der Waals surface area contributed by atoms with Gasteiger partial charge >= 0.3 is 5.97 Å². The monoisotopic (exact) mass is 225 g/mol. The highest BCUT2D eigenvalue weighted by atomic mass is 16.5. The van der Waals surface area contributed by atoms with E-state index in [1.54, 1.807) is 4.68 Å². The van der Waals surface area contributed by atoms with Crippen molar-refractivity contribution in [2.75, 3.05) is 11.9 Å². The maximum absolute atomic E-state index is 11.3. The topological polar surface area (TPSA) is 56.2 Å². The summed E-state index contributed by atoms with van der Waals surface area (Å²) in [6.45, 7) is 5.87. The molecule has 0 amide bonds. The van der Waals surface area contributed by atoms with Gasteiger partial charge in [0.1, 0.15) is 6.54 Å². The van der Waals surface area contributed by atoms with Crippen LogP contribution >= 0.6 is 0 Å². The summed E-state index contributed by atoms with van der Waals surface area (Å²) in [6.07, 6.45) is 2.62. The van der Waals surface area contributed by atoms with Gasteiger partial charge in [-0.2, -0.15) is 5.10 Å². The maximum atomic E-state index is 11.3. The number of ether oxygens (including phenoxy) is 1. The van der Waals surface area contributed by atoms with Gasteiger partial charge in [0.25, 0.3) is 0 Å². The van der Waals surface area contributed by atoms with Crippen LogP contribution in [-0.2, 0) is 23.0 Å². The molecule has 5 heteroatoms. The van der Waals surface area contributed by atoms with Gasteiger partial charge in [0.15, 0.2) is 0 Å². The molecule has 5 nitrogen and oxygen atoms in total. The van der Waals surface area contributed by atoms with Gasteiger partial charge in [-0.3, -0.25) is 9.48 Å². The summed E-state index contributed by atoms with van der Waals surface area (Å²) in [5, 5.41) is 7.30. The third kappa shape index (κ3) is 3.56. The lowest BCUT2D eigenvalue weighted by Gasteiger charge is -2.08. The molecule has 0 aliphatic carbocycles. The van der Waals surface area contributed by atoms with Crippen molar-refractivity contribution in [2.45, 2.75) is 33.3 Å². The van der Waals surface area contributed by atoms with Crippen molar-refractivity contribution in [2.24, 2.45) is 7.05 Å². The van der Waals surface area contributed by atoms with E-state index in [1.165, 1.54) is 0 Å². The van der Waals surface area contributed by atoms with E-state index >= 15 is 0 Å². The van der Waals surface area contributed by atoms with Gasteiger partial charge in [0.2, 0.25) is 0 Å². The van der Waals surface area contributed by atoms with Crippen LogP contribution in [0.3, 0.4) is 0 Å². The molecule has 0 aliphatic rings. The summed E-state index contributed by atoms with van der Waals surface area (Å²) in [4.78, 5) is 11.3. The molecule has 0 unspecified atom stereocenters. The fourth-order valence-electron chi connectivity index (χ4n) is 1.42. The molecule has 0 bridgehead atoms. The largest absolute Gasteiger partial charge is 0.462 e. The summed E-state index contributed by atoms with van der Waals surface area (Å²) in [6, 6.07) is 0. The third-order valence-electron chi connectivity index (χ3n) is 2.03. The predicted octanol–water partition coefficient (Wildman–Crippen LogP) is 1.35. The fourth-order valence-corrected chi connectivity index (χ4v) is 1.42. The first kappa shape index (κ1) is 12.5. The molecule has 0 fully saturated rings. The van der Waals surface area contributed by atoms with Gasteiger partial charge in [-0.15, -0.1) is 0 Å². The zero-order chi connectivity index (χ0) is 12.1. The number of aryl methyl sites for hydroxylation is 2. The molecular formula is C11H19N3O2. The van der Waals surface area contributed by atoms with Crippen LogP contribution in [0.1, 0.15) is 26.5 Å². The number of aromatic nitrogens is 2. The Morgan fingerprint density at radius 3 is 2.88 bits per heavy atom. The molecule has 0 saturated heterocycles. The van der Waals surface area contributed by atoms with Gasteiger partial charge in [-0.05, 0) is 20.3 Å². The van der Waals surface area contributed by atoms with Crippen molar-refractivity contribution < 1.29 is 9.53 Å². The minimum Gasteiger partial charge on any atom is -0.462 e. The molecule has 0 aromatic carbocycles. The highest BCUT2D eigenvalue weighted by Crippen LogP contribution is 2.13. The molecule has 0 radical (unpaired) electrons. The Kier molecular flexibility index (Phi) is 4.34. The van der Waals surface area contributed by atoms with E-state index in [9.17, 15) is 4.79 Å². The molecule has 1 aromatic rings. The normalized spacial score (nSPS) is 10.6. The molecule has 1 N–H and O–H groups in total. The lowest BCUT2D eigenvalue weighted by Crippen LogP contribution is -2.20. The van der Waals surface area contributed by atoms with Crippen LogP contribution in [0.15, 0.2) is 6.20 Å². The molecule has 0 aliphatic heterocycles. The van der Waals surface area contributed by atoms with E-state index in [-0.39, 0.29) is 18.6 Å². The van der Waals surface area contributed by atoms with Gasteiger partial charge in [-0.25, -0.2) is 0 Å². The number of hydrogen-bond donors (Lipinski definition) is 1. The first-order chi connectivity index (χ1) is 7.52. The SMILES string of the molecule is CCc1nn(C)cc1NCC(=O)OC(C)C. The summed E-state index contributed by atoms with van der Waals surface area (Å²) >= 11 is 0. The molecule has 0 spiro atoms. The van der Waals surface area contributed by atoms with Crippen molar-refractivity contribution >= 4 is 11.7 Å². The zero-order valence-corrected chi connectivity index (χ0v) is 10.3. The average Bonchev–Trinajstić information content (AvgIpc) is 2.55. The van der Waals surface area contributed by atoms with E-state index in [4.69, 9.17) is 4.74 Å². The second-order valence-electron chi connectivity index (χ2n) is 3.91. The smallest absolute Gasteiger partial charge is 0.325 e. The molecule has 0 atom stereocenters. The van der Waals surface area contributed by atoms with E-state index < -0.39 is 0 Å². The predicted molar refractivity (Wildman–Crippen MR) is 62.3 cm³/mol. The highest BCUT2D eigenvalue weighted by Gasteiger charge is 2.09. The van der Waals surface area contributed by atoms with Gasteiger partial charge < -0.3 is 10.1 Å². The summed E-state index contributed by atoms with van der Waals surface area (Å²) in [5.74, 6) is -0.249. The number of hydrogen-bond acceptors (Lipinski definition) is 4. The van der Waals surface area contributed by atoms with Crippen molar-refractivity contribution in [3.05, 3.63) is 11.9 Å². The molecule has 1 heterocycles. The molecule has 1 rings (SSSR count). The molecule has 90 valence electrons. The van der Waals surface area contributed by atoms with E-state index in [0.717, 1.165) is 17.8 Å². The Balaban J connectivity index is 2.50. The number of rotatable bonds is 5. The number of nitrogens with one attached hydrogen (secondary N) is 1. The van der Waals surface area contributed by atoms with Crippen LogP contribution in [-0.4, -0.2) is 28.4 Å². The number of anilines is 1. The number of carbonyl (C=O) groups is 1. The summed E-state index contributed by atoms with van der Waals surface area (Å²) in [7, 11) is 1.86. The Bertz CT molecular complexity index is 358. The number of carbonyl (C=O) groups excluding carboxylic acids is 1. The minimum absolute atomic E-state index is 0.0751. The lowest BCUT2D eigenvalue weighted by atomic mass is 10.3. The van der Waals surface area contributed by atoms with E-state index in [2.05, 4.69) is 10.4 Å². The van der Waals surface area contributed by atoms with Crippen LogP contribution in [0.2, 0.25) is 0 Å². The highest BCUT2D eigenvalue weighted by molar-refractivity contribution is 5.75.